The number of phenols is 1. The van der Waals surface area contributed by atoms with Gasteiger partial charge >= 0.3 is 5.97 Å². The van der Waals surface area contributed by atoms with Gasteiger partial charge < -0.3 is 14.9 Å². The summed E-state index contributed by atoms with van der Waals surface area (Å²) in [5.74, 6) is -0.111. The molecule has 112 valence electrons. The first-order valence-electron chi connectivity index (χ1n) is 6.63. The smallest absolute Gasteiger partial charge is 0.304 e. The summed E-state index contributed by atoms with van der Waals surface area (Å²) in [6, 6.07) is 3.52. The molecule has 4 heteroatoms. The summed E-state index contributed by atoms with van der Waals surface area (Å²) >= 11 is 0. The zero-order valence-corrected chi connectivity index (χ0v) is 13.1. The van der Waals surface area contributed by atoms with Crippen LogP contribution in [0.15, 0.2) is 12.1 Å². The molecule has 0 radical (unpaired) electrons. The van der Waals surface area contributed by atoms with Crippen molar-refractivity contribution in [2.75, 3.05) is 7.11 Å². The van der Waals surface area contributed by atoms with Crippen molar-refractivity contribution >= 4 is 5.97 Å². The molecule has 1 aromatic carbocycles. The van der Waals surface area contributed by atoms with Gasteiger partial charge in [-0.15, -0.1) is 0 Å². The molecule has 0 spiro atoms. The summed E-state index contributed by atoms with van der Waals surface area (Å²) in [7, 11) is 1.56. The lowest BCUT2D eigenvalue weighted by atomic mass is 9.76. The molecule has 0 atom stereocenters. The van der Waals surface area contributed by atoms with E-state index in [4.69, 9.17) is 9.84 Å². The molecule has 0 aliphatic heterocycles. The standard InChI is InChI=1S/C16H24O4/c1-15(2,3)11-7-10(20-6)8-12(14(11)19)16(4,5)9-13(17)18/h7-8,19H,9H2,1-6H3,(H,17,18). The average molecular weight is 280 g/mol. The van der Waals surface area contributed by atoms with Crippen molar-refractivity contribution in [3.8, 4) is 11.5 Å². The summed E-state index contributed by atoms with van der Waals surface area (Å²) in [6.07, 6.45) is -0.0582. The van der Waals surface area contributed by atoms with E-state index < -0.39 is 11.4 Å². The Morgan fingerprint density at radius 3 is 2.05 bits per heavy atom. The summed E-state index contributed by atoms with van der Waals surface area (Å²) in [6.45, 7) is 9.60. The van der Waals surface area contributed by atoms with Crippen LogP contribution in [0.1, 0.15) is 52.2 Å². The Balaban J connectivity index is 3.50. The summed E-state index contributed by atoms with van der Waals surface area (Å²) < 4.78 is 5.29. The van der Waals surface area contributed by atoms with Crippen molar-refractivity contribution < 1.29 is 19.7 Å². The van der Waals surface area contributed by atoms with Gasteiger partial charge in [0.2, 0.25) is 0 Å². The Hall–Kier alpha value is -1.71. The second-order valence-electron chi connectivity index (χ2n) is 6.78. The topological polar surface area (TPSA) is 66.8 Å². The van der Waals surface area contributed by atoms with Crippen molar-refractivity contribution in [2.45, 2.75) is 51.9 Å². The number of benzene rings is 1. The molecule has 1 rings (SSSR count). The normalized spacial score (nSPS) is 12.3. The number of carbonyl (C=O) groups is 1. The highest BCUT2D eigenvalue weighted by molar-refractivity contribution is 5.69. The lowest BCUT2D eigenvalue weighted by Crippen LogP contribution is -2.23. The first-order chi connectivity index (χ1) is 8.99. The molecular weight excluding hydrogens is 256 g/mol. The van der Waals surface area contributed by atoms with E-state index in [0.717, 1.165) is 5.56 Å². The average Bonchev–Trinajstić information content (AvgIpc) is 2.25. The van der Waals surface area contributed by atoms with Crippen molar-refractivity contribution in [1.29, 1.82) is 0 Å². The molecule has 0 saturated heterocycles. The van der Waals surface area contributed by atoms with Crippen LogP contribution < -0.4 is 4.74 Å². The molecule has 0 amide bonds. The first-order valence-corrected chi connectivity index (χ1v) is 6.63. The lowest BCUT2D eigenvalue weighted by molar-refractivity contribution is -0.138. The molecule has 0 aliphatic carbocycles. The number of phenolic OH excluding ortho intramolecular Hbond substituents is 1. The van der Waals surface area contributed by atoms with E-state index in [-0.39, 0.29) is 17.6 Å². The summed E-state index contributed by atoms with van der Waals surface area (Å²) in [5, 5.41) is 19.6. The molecule has 0 unspecified atom stereocenters. The van der Waals surface area contributed by atoms with Crippen LogP contribution in [0.3, 0.4) is 0 Å². The Morgan fingerprint density at radius 2 is 1.65 bits per heavy atom. The second kappa shape index (κ2) is 5.35. The molecule has 0 aliphatic rings. The molecule has 0 bridgehead atoms. The van der Waals surface area contributed by atoms with E-state index in [1.54, 1.807) is 19.2 Å². The van der Waals surface area contributed by atoms with Crippen molar-refractivity contribution in [2.24, 2.45) is 0 Å². The van der Waals surface area contributed by atoms with Gasteiger partial charge in [0.25, 0.3) is 0 Å². The Morgan fingerprint density at radius 1 is 1.15 bits per heavy atom. The van der Waals surface area contributed by atoms with Gasteiger partial charge in [0.05, 0.1) is 13.5 Å². The SMILES string of the molecule is COc1cc(C(C)(C)C)c(O)c(C(C)(C)CC(=O)O)c1. The predicted molar refractivity (Wildman–Crippen MR) is 78.6 cm³/mol. The van der Waals surface area contributed by atoms with Crippen LogP contribution in [0.2, 0.25) is 0 Å². The van der Waals surface area contributed by atoms with Gasteiger partial charge in [0.15, 0.2) is 0 Å². The van der Waals surface area contributed by atoms with Crippen LogP contribution >= 0.6 is 0 Å². The Kier molecular flexibility index (Phi) is 4.37. The van der Waals surface area contributed by atoms with E-state index >= 15 is 0 Å². The third kappa shape index (κ3) is 3.44. The molecular formula is C16H24O4. The first kappa shape index (κ1) is 16.3. The van der Waals surface area contributed by atoms with Crippen LogP contribution in [0.4, 0.5) is 0 Å². The maximum Gasteiger partial charge on any atom is 0.304 e. The molecule has 0 heterocycles. The van der Waals surface area contributed by atoms with Gasteiger partial charge in [-0.3, -0.25) is 4.79 Å². The third-order valence-electron chi connectivity index (χ3n) is 3.45. The van der Waals surface area contributed by atoms with Crippen molar-refractivity contribution in [3.63, 3.8) is 0 Å². The second-order valence-corrected chi connectivity index (χ2v) is 6.78. The predicted octanol–water partition coefficient (Wildman–Crippen LogP) is 3.45. The van der Waals surface area contributed by atoms with Gasteiger partial charge in [0, 0.05) is 16.5 Å². The van der Waals surface area contributed by atoms with Gasteiger partial charge in [-0.2, -0.15) is 0 Å². The van der Waals surface area contributed by atoms with E-state index in [1.807, 2.05) is 34.6 Å². The fourth-order valence-electron chi connectivity index (χ4n) is 2.29. The molecule has 2 N–H and O–H groups in total. The quantitative estimate of drug-likeness (QED) is 0.886. The molecule has 1 aromatic rings. The highest BCUT2D eigenvalue weighted by Crippen LogP contribution is 2.42. The number of aliphatic carboxylic acids is 1. The fourth-order valence-corrected chi connectivity index (χ4v) is 2.29. The monoisotopic (exact) mass is 280 g/mol. The van der Waals surface area contributed by atoms with Crippen LogP contribution in [-0.2, 0) is 15.6 Å². The van der Waals surface area contributed by atoms with E-state index in [1.165, 1.54) is 0 Å². The van der Waals surface area contributed by atoms with Crippen LogP contribution in [0.25, 0.3) is 0 Å². The fraction of sp³-hybridized carbons (Fsp3) is 0.562. The van der Waals surface area contributed by atoms with Crippen molar-refractivity contribution in [1.82, 2.24) is 0 Å². The van der Waals surface area contributed by atoms with Crippen LogP contribution in [-0.4, -0.2) is 23.3 Å². The minimum absolute atomic E-state index is 0.0582. The van der Waals surface area contributed by atoms with Gasteiger partial charge in [-0.25, -0.2) is 0 Å². The summed E-state index contributed by atoms with van der Waals surface area (Å²) in [5.41, 5.74) is 0.423. The minimum atomic E-state index is -0.894. The number of carboxylic acids is 1. The highest BCUT2D eigenvalue weighted by atomic mass is 16.5. The molecule has 0 aromatic heterocycles. The number of rotatable bonds is 4. The number of aromatic hydroxyl groups is 1. The maximum absolute atomic E-state index is 11.0. The van der Waals surface area contributed by atoms with Gasteiger partial charge in [-0.05, 0) is 17.5 Å². The summed E-state index contributed by atoms with van der Waals surface area (Å²) in [4.78, 5) is 11.0. The highest BCUT2D eigenvalue weighted by Gasteiger charge is 2.31. The molecule has 0 fully saturated rings. The molecule has 20 heavy (non-hydrogen) atoms. The molecule has 0 saturated carbocycles. The maximum atomic E-state index is 11.0. The van der Waals surface area contributed by atoms with Crippen LogP contribution in [0.5, 0.6) is 11.5 Å². The number of methoxy groups -OCH3 is 1. The van der Waals surface area contributed by atoms with Gasteiger partial charge in [0.1, 0.15) is 11.5 Å². The number of hydrogen-bond acceptors (Lipinski definition) is 3. The Bertz CT molecular complexity index is 510. The van der Waals surface area contributed by atoms with Crippen molar-refractivity contribution in [3.05, 3.63) is 23.3 Å². The zero-order chi connectivity index (χ0) is 15.7. The van der Waals surface area contributed by atoms with E-state index in [0.29, 0.717) is 11.3 Å². The minimum Gasteiger partial charge on any atom is -0.507 e. The molecule has 4 nitrogen and oxygen atoms in total. The largest absolute Gasteiger partial charge is 0.507 e. The third-order valence-corrected chi connectivity index (χ3v) is 3.45. The van der Waals surface area contributed by atoms with Gasteiger partial charge in [-0.1, -0.05) is 34.6 Å². The Labute approximate surface area is 120 Å². The van der Waals surface area contributed by atoms with E-state index in [2.05, 4.69) is 0 Å². The zero-order valence-electron chi connectivity index (χ0n) is 13.1. The number of carboxylic acid groups (broad SMARTS) is 1. The van der Waals surface area contributed by atoms with Crippen LogP contribution in [0, 0.1) is 0 Å². The number of ether oxygens (including phenoxy) is 1. The lowest BCUT2D eigenvalue weighted by Gasteiger charge is -2.29. The van der Waals surface area contributed by atoms with E-state index in [9.17, 15) is 9.90 Å². The number of hydrogen-bond donors (Lipinski definition) is 2.